The van der Waals surface area contributed by atoms with Crippen LogP contribution in [0.1, 0.15) is 51.3 Å². The number of nitrogens with zero attached hydrogens (tertiary/aromatic N) is 2. The van der Waals surface area contributed by atoms with Gasteiger partial charge in [0.1, 0.15) is 22.3 Å². The third-order valence-electron chi connectivity index (χ3n) is 22.7. The minimum Gasteiger partial charge on any atom is -0.456 e. The Balaban J connectivity index is 0.604. The standard InChI is InChI=1S/C96H64N2O2/c1-95(2,3)71-34-30-56(31-35-71)60-24-28-65-45-79-83(49-69(65)41-60)97-82-48-68-40-61(23-27-64(68)44-76(82)78-52-87-89(91(79)93(78)97)73-18-9-11-20-85(73)99-87)57-32-36-72(37-33-57)96(4,5)53-54-14-13-17-58(38-54)62-25-29-66-46-80-84(50-70(66)42-62)98-81-47-67-39-59(55-15-7-6-8-16-55)22-26-63(67)43-75(81)77-51-88-90(92(80)94(77)98)74-19-10-12-21-86(74)100-88/h6-52H,53H2,1-5H3. The lowest BCUT2D eigenvalue weighted by molar-refractivity contribution is 0.522. The number of aromatic nitrogens is 2. The molecule has 16 aromatic carbocycles. The SMILES string of the molecule is CC(C)(C)c1ccc(-c2ccc3cc4c5c6c(cc7c8cc9ccc(-c%10ccc(C(C)(C)Cc%11cccc(-c%12ccc%13cc%14c%15c%16c(cc%17c%18cc%19ccc(-c%20ccccc%20)cc%19cc%18n(c%14cc%13c%12)c%17%15)oc%12ccccc%12%16)c%11)cc%10)cc9cc8n(c4cc3c2)c75)oc2ccccc26)cc1. The lowest BCUT2D eigenvalue weighted by atomic mass is 9.78. The van der Waals surface area contributed by atoms with Gasteiger partial charge in [-0.25, -0.2) is 0 Å². The average molecular weight is 1280 g/mol. The number of fused-ring (bicyclic) bond motifs is 24. The molecule has 0 saturated carbocycles. The first kappa shape index (κ1) is 55.8. The van der Waals surface area contributed by atoms with Crippen molar-refractivity contribution in [2.75, 3.05) is 0 Å². The third kappa shape index (κ3) is 8.04. The molecule has 0 saturated heterocycles. The van der Waals surface area contributed by atoms with Gasteiger partial charge in [0.15, 0.2) is 0 Å². The first-order chi connectivity index (χ1) is 48.9. The van der Waals surface area contributed by atoms with Crippen LogP contribution in [0.15, 0.2) is 294 Å². The van der Waals surface area contributed by atoms with Crippen LogP contribution in [0, 0.1) is 0 Å². The summed E-state index contributed by atoms with van der Waals surface area (Å²) < 4.78 is 18.5. The Bertz CT molecular complexity index is 7270. The van der Waals surface area contributed by atoms with E-state index < -0.39 is 0 Å². The zero-order valence-corrected chi connectivity index (χ0v) is 56.1. The van der Waals surface area contributed by atoms with Crippen molar-refractivity contribution >= 4 is 163 Å². The van der Waals surface area contributed by atoms with E-state index in [1.807, 2.05) is 0 Å². The molecule has 0 fully saturated rings. The Morgan fingerprint density at radius 3 is 1.08 bits per heavy atom. The van der Waals surface area contributed by atoms with Crippen LogP contribution in [0.5, 0.6) is 0 Å². The molecule has 0 aliphatic carbocycles. The fourth-order valence-electron chi connectivity index (χ4n) is 17.7. The predicted molar refractivity (Wildman–Crippen MR) is 424 cm³/mol. The molecular weight excluding hydrogens is 1210 g/mol. The third-order valence-corrected chi connectivity index (χ3v) is 22.7. The van der Waals surface area contributed by atoms with Gasteiger partial charge in [-0.1, -0.05) is 223 Å². The average Bonchev–Trinajstić information content (AvgIpc) is 1.52. The molecular formula is C96H64N2O2. The van der Waals surface area contributed by atoms with Crippen molar-refractivity contribution in [2.45, 2.75) is 51.9 Å². The molecule has 0 unspecified atom stereocenters. The van der Waals surface area contributed by atoms with Gasteiger partial charge in [-0.05, 0) is 219 Å². The molecule has 0 aliphatic rings. The van der Waals surface area contributed by atoms with Gasteiger partial charge in [-0.15, -0.1) is 0 Å². The molecule has 6 aromatic heterocycles. The second-order valence-corrected chi connectivity index (χ2v) is 30.2. The lowest BCUT2D eigenvalue weighted by Gasteiger charge is -2.26. The maximum atomic E-state index is 6.74. The molecule has 22 aromatic rings. The second-order valence-electron chi connectivity index (χ2n) is 30.2. The number of rotatable bonds is 7. The molecule has 22 rings (SSSR count). The lowest BCUT2D eigenvalue weighted by Crippen LogP contribution is -2.20. The van der Waals surface area contributed by atoms with Gasteiger partial charge in [0, 0.05) is 64.6 Å². The highest BCUT2D eigenvalue weighted by molar-refractivity contribution is 6.38. The Hall–Kier alpha value is -12.2. The summed E-state index contributed by atoms with van der Waals surface area (Å²) in [4.78, 5) is 0. The number of furan rings is 2. The summed E-state index contributed by atoms with van der Waals surface area (Å²) in [6.07, 6.45) is 0.893. The van der Waals surface area contributed by atoms with Crippen LogP contribution >= 0.6 is 0 Å². The molecule has 0 bridgehead atoms. The van der Waals surface area contributed by atoms with Crippen LogP contribution in [0.2, 0.25) is 0 Å². The Morgan fingerprint density at radius 2 is 0.620 bits per heavy atom. The normalized spacial score (nSPS) is 12.9. The van der Waals surface area contributed by atoms with E-state index in [-0.39, 0.29) is 10.8 Å². The van der Waals surface area contributed by atoms with Crippen molar-refractivity contribution in [1.29, 1.82) is 0 Å². The largest absolute Gasteiger partial charge is 0.456 e. The van der Waals surface area contributed by atoms with E-state index in [2.05, 4.69) is 329 Å². The van der Waals surface area contributed by atoms with Gasteiger partial charge in [0.2, 0.25) is 0 Å². The molecule has 4 heteroatoms. The van der Waals surface area contributed by atoms with Gasteiger partial charge < -0.3 is 17.6 Å². The van der Waals surface area contributed by atoms with Gasteiger partial charge in [-0.2, -0.15) is 0 Å². The van der Waals surface area contributed by atoms with Gasteiger partial charge in [0.05, 0.1) is 33.1 Å². The van der Waals surface area contributed by atoms with E-state index in [1.165, 1.54) is 191 Å². The van der Waals surface area contributed by atoms with Crippen molar-refractivity contribution in [3.05, 3.63) is 302 Å². The molecule has 0 atom stereocenters. The van der Waals surface area contributed by atoms with Crippen LogP contribution in [-0.2, 0) is 17.3 Å². The van der Waals surface area contributed by atoms with Gasteiger partial charge in [0.25, 0.3) is 0 Å². The maximum absolute atomic E-state index is 6.74. The van der Waals surface area contributed by atoms with Crippen LogP contribution in [0.4, 0.5) is 0 Å². The second kappa shape index (κ2) is 20.0. The zero-order chi connectivity index (χ0) is 66.2. The van der Waals surface area contributed by atoms with Crippen molar-refractivity contribution in [1.82, 2.24) is 8.80 Å². The minimum absolute atomic E-state index is 0.0952. The monoisotopic (exact) mass is 1280 g/mol. The van der Waals surface area contributed by atoms with E-state index in [4.69, 9.17) is 8.83 Å². The van der Waals surface area contributed by atoms with E-state index in [0.717, 1.165) is 39.5 Å². The van der Waals surface area contributed by atoms with E-state index in [1.54, 1.807) is 0 Å². The number of hydrogen-bond acceptors (Lipinski definition) is 2. The fraction of sp³-hybridized carbons (Fsp3) is 0.0833. The van der Waals surface area contributed by atoms with Crippen molar-refractivity contribution in [2.24, 2.45) is 0 Å². The number of benzene rings is 16. The van der Waals surface area contributed by atoms with Crippen LogP contribution in [-0.4, -0.2) is 8.80 Å². The quantitative estimate of drug-likeness (QED) is 0.159. The van der Waals surface area contributed by atoms with Crippen molar-refractivity contribution in [3.63, 3.8) is 0 Å². The molecule has 0 amide bonds. The number of para-hydroxylation sites is 2. The Kier molecular flexibility index (Phi) is 11.2. The zero-order valence-electron chi connectivity index (χ0n) is 56.1. The minimum atomic E-state index is -0.136. The molecule has 0 radical (unpaired) electrons. The topological polar surface area (TPSA) is 35.1 Å². The molecule has 0 aliphatic heterocycles. The molecule has 6 heterocycles. The van der Waals surface area contributed by atoms with Gasteiger partial charge in [-0.3, -0.25) is 0 Å². The first-order valence-corrected chi connectivity index (χ1v) is 35.1. The fourth-order valence-corrected chi connectivity index (χ4v) is 17.7. The molecule has 470 valence electrons. The summed E-state index contributed by atoms with van der Waals surface area (Å²) in [5, 5.41) is 24.3. The number of hydrogen-bond donors (Lipinski definition) is 0. The summed E-state index contributed by atoms with van der Waals surface area (Å²) >= 11 is 0. The van der Waals surface area contributed by atoms with E-state index in [9.17, 15) is 0 Å². The highest BCUT2D eigenvalue weighted by Crippen LogP contribution is 2.51. The van der Waals surface area contributed by atoms with E-state index >= 15 is 0 Å². The summed E-state index contributed by atoms with van der Waals surface area (Å²) in [5.74, 6) is 0. The summed E-state index contributed by atoms with van der Waals surface area (Å²) in [6.45, 7) is 11.6. The van der Waals surface area contributed by atoms with Crippen molar-refractivity contribution < 1.29 is 8.83 Å². The highest BCUT2D eigenvalue weighted by atomic mass is 16.3. The maximum Gasteiger partial charge on any atom is 0.136 e. The molecule has 0 spiro atoms. The Labute approximate surface area is 575 Å². The Morgan fingerprint density at radius 1 is 0.250 bits per heavy atom. The van der Waals surface area contributed by atoms with Crippen molar-refractivity contribution in [3.8, 4) is 44.5 Å². The van der Waals surface area contributed by atoms with Crippen LogP contribution < -0.4 is 0 Å². The van der Waals surface area contributed by atoms with Gasteiger partial charge >= 0.3 is 0 Å². The summed E-state index contributed by atoms with van der Waals surface area (Å²) in [7, 11) is 0. The predicted octanol–water partition coefficient (Wildman–Crippen LogP) is 26.9. The smallest absolute Gasteiger partial charge is 0.136 e. The summed E-state index contributed by atoms with van der Waals surface area (Å²) in [5.41, 5.74) is 24.7. The first-order valence-electron chi connectivity index (χ1n) is 35.1. The van der Waals surface area contributed by atoms with Crippen LogP contribution in [0.3, 0.4) is 0 Å². The molecule has 0 N–H and O–H groups in total. The molecule has 4 nitrogen and oxygen atoms in total. The van der Waals surface area contributed by atoms with Crippen LogP contribution in [0.25, 0.3) is 208 Å². The van der Waals surface area contributed by atoms with E-state index in [0.29, 0.717) is 0 Å². The summed E-state index contributed by atoms with van der Waals surface area (Å²) in [6, 6.07) is 107. The molecule has 100 heavy (non-hydrogen) atoms. The highest BCUT2D eigenvalue weighted by Gasteiger charge is 2.28.